The van der Waals surface area contributed by atoms with E-state index in [4.69, 9.17) is 0 Å². The number of nitro groups is 1. The molecule has 0 saturated heterocycles. The van der Waals surface area contributed by atoms with Gasteiger partial charge in [0.2, 0.25) is 0 Å². The predicted octanol–water partition coefficient (Wildman–Crippen LogP) is 2.31. The molecule has 0 aliphatic carbocycles. The van der Waals surface area contributed by atoms with Gasteiger partial charge in [-0.2, -0.15) is 0 Å². The zero-order valence-corrected chi connectivity index (χ0v) is 9.93. The molecule has 0 unspecified atom stereocenters. The fourth-order valence-corrected chi connectivity index (χ4v) is 1.48. The smallest absolute Gasteiger partial charge is 0.269 e. The highest BCUT2D eigenvalue weighted by Crippen LogP contribution is 2.18. The number of nitrogens with zero attached hydrogens (tertiary/aromatic N) is 2. The van der Waals surface area contributed by atoms with E-state index in [1.54, 1.807) is 12.1 Å². The van der Waals surface area contributed by atoms with E-state index in [0.29, 0.717) is 0 Å². The molecular weight excluding hydrogens is 204 g/mol. The molecule has 0 aliphatic rings. The number of likely N-dealkylation sites (N-methyl/N-ethyl adjacent to an activating group) is 1. The minimum absolute atomic E-state index is 0.113. The second-order valence-electron chi connectivity index (χ2n) is 4.86. The highest BCUT2D eigenvalue weighted by molar-refractivity contribution is 5.64. The van der Waals surface area contributed by atoms with Gasteiger partial charge in [-0.25, -0.2) is 0 Å². The number of benzene rings is 1. The standard InChI is InChI=1S/C12H17N2O2/c1-10(9-14(2,3)4)11-5-7-12(8-6-11)13(15)16/h5-8H,1,9H2,2-4H3/q+1. The average molecular weight is 221 g/mol. The first-order valence-corrected chi connectivity index (χ1v) is 5.03. The van der Waals surface area contributed by atoms with Crippen LogP contribution in [0.3, 0.4) is 0 Å². The molecule has 0 aliphatic heterocycles. The third kappa shape index (κ3) is 3.47. The first-order chi connectivity index (χ1) is 7.29. The van der Waals surface area contributed by atoms with Crippen molar-refractivity contribution in [3.8, 4) is 0 Å². The van der Waals surface area contributed by atoms with Gasteiger partial charge < -0.3 is 4.48 Å². The van der Waals surface area contributed by atoms with E-state index in [2.05, 4.69) is 27.7 Å². The summed E-state index contributed by atoms with van der Waals surface area (Å²) in [5.41, 5.74) is 2.06. The molecule has 1 aromatic rings. The fraction of sp³-hybridized carbons (Fsp3) is 0.333. The summed E-state index contributed by atoms with van der Waals surface area (Å²) < 4.78 is 0.788. The highest BCUT2D eigenvalue weighted by atomic mass is 16.6. The van der Waals surface area contributed by atoms with Gasteiger partial charge in [0.1, 0.15) is 6.54 Å². The van der Waals surface area contributed by atoms with Crippen molar-refractivity contribution >= 4 is 11.3 Å². The van der Waals surface area contributed by atoms with E-state index in [0.717, 1.165) is 22.2 Å². The van der Waals surface area contributed by atoms with Crippen LogP contribution in [0, 0.1) is 10.1 Å². The monoisotopic (exact) mass is 221 g/mol. The van der Waals surface area contributed by atoms with Crippen molar-refractivity contribution in [3.05, 3.63) is 46.5 Å². The van der Waals surface area contributed by atoms with Gasteiger partial charge in [-0.15, -0.1) is 0 Å². The van der Waals surface area contributed by atoms with Gasteiger partial charge in [-0.3, -0.25) is 10.1 Å². The zero-order chi connectivity index (χ0) is 12.3. The van der Waals surface area contributed by atoms with E-state index in [9.17, 15) is 10.1 Å². The number of hydrogen-bond donors (Lipinski definition) is 0. The van der Waals surface area contributed by atoms with Crippen LogP contribution in [0.1, 0.15) is 5.56 Å². The SMILES string of the molecule is C=C(C[N+](C)(C)C)c1ccc([N+](=O)[O-])cc1. The lowest BCUT2D eigenvalue weighted by Gasteiger charge is -2.24. The van der Waals surface area contributed by atoms with Crippen LogP contribution in [-0.2, 0) is 0 Å². The molecule has 0 atom stereocenters. The molecule has 4 heteroatoms. The van der Waals surface area contributed by atoms with Crippen LogP contribution < -0.4 is 0 Å². The molecule has 0 amide bonds. The molecule has 0 N–H and O–H groups in total. The van der Waals surface area contributed by atoms with Crippen LogP contribution >= 0.6 is 0 Å². The first-order valence-electron chi connectivity index (χ1n) is 5.03. The van der Waals surface area contributed by atoms with Gasteiger partial charge in [0.15, 0.2) is 0 Å². The molecule has 0 radical (unpaired) electrons. The molecule has 4 nitrogen and oxygen atoms in total. The van der Waals surface area contributed by atoms with Crippen LogP contribution in [0.15, 0.2) is 30.8 Å². The van der Waals surface area contributed by atoms with Crippen LogP contribution in [0.4, 0.5) is 5.69 Å². The number of quaternary nitrogens is 1. The Morgan fingerprint density at radius 1 is 1.31 bits per heavy atom. The Hall–Kier alpha value is -1.68. The highest BCUT2D eigenvalue weighted by Gasteiger charge is 2.12. The van der Waals surface area contributed by atoms with Crippen LogP contribution in [0.25, 0.3) is 5.57 Å². The third-order valence-electron chi connectivity index (χ3n) is 2.15. The summed E-state index contributed by atoms with van der Waals surface area (Å²) in [7, 11) is 6.24. The summed E-state index contributed by atoms with van der Waals surface area (Å²) in [6.07, 6.45) is 0. The molecule has 0 spiro atoms. The van der Waals surface area contributed by atoms with E-state index in [1.165, 1.54) is 12.1 Å². The molecule has 0 heterocycles. The van der Waals surface area contributed by atoms with Crippen molar-refractivity contribution in [3.63, 3.8) is 0 Å². The Bertz CT molecular complexity index is 402. The molecule has 1 rings (SSSR count). The van der Waals surface area contributed by atoms with Gasteiger partial charge in [0.05, 0.1) is 26.1 Å². The van der Waals surface area contributed by atoms with Crippen LogP contribution in [-0.4, -0.2) is 37.1 Å². The van der Waals surface area contributed by atoms with Gasteiger partial charge in [-0.1, -0.05) is 6.58 Å². The minimum Gasteiger partial charge on any atom is -0.327 e. The molecule has 86 valence electrons. The average Bonchev–Trinajstić information content (AvgIpc) is 2.15. The van der Waals surface area contributed by atoms with E-state index >= 15 is 0 Å². The molecule has 0 aromatic heterocycles. The quantitative estimate of drug-likeness (QED) is 0.445. The van der Waals surface area contributed by atoms with Crippen molar-refractivity contribution in [2.75, 3.05) is 27.7 Å². The summed E-state index contributed by atoms with van der Waals surface area (Å²) in [5.74, 6) is 0. The lowest BCUT2D eigenvalue weighted by molar-refractivity contribution is -0.862. The summed E-state index contributed by atoms with van der Waals surface area (Å²) in [6, 6.07) is 6.51. The van der Waals surface area contributed by atoms with Crippen LogP contribution in [0.2, 0.25) is 0 Å². The Morgan fingerprint density at radius 3 is 2.19 bits per heavy atom. The summed E-state index contributed by atoms with van der Waals surface area (Å²) in [6.45, 7) is 4.82. The lowest BCUT2D eigenvalue weighted by atomic mass is 10.1. The summed E-state index contributed by atoms with van der Waals surface area (Å²) in [4.78, 5) is 10.1. The number of non-ortho nitro benzene ring substituents is 1. The molecule has 0 bridgehead atoms. The minimum atomic E-state index is -0.396. The second kappa shape index (κ2) is 4.45. The number of nitro benzene ring substituents is 1. The largest absolute Gasteiger partial charge is 0.327 e. The fourth-order valence-electron chi connectivity index (χ4n) is 1.48. The van der Waals surface area contributed by atoms with Crippen molar-refractivity contribution in [2.24, 2.45) is 0 Å². The normalized spacial score (nSPS) is 11.2. The molecule has 16 heavy (non-hydrogen) atoms. The van der Waals surface area contributed by atoms with Gasteiger partial charge >= 0.3 is 0 Å². The van der Waals surface area contributed by atoms with Crippen molar-refractivity contribution < 1.29 is 9.41 Å². The lowest BCUT2D eigenvalue weighted by Crippen LogP contribution is -2.35. The number of rotatable bonds is 4. The second-order valence-corrected chi connectivity index (χ2v) is 4.86. The molecular formula is C12H17N2O2+. The van der Waals surface area contributed by atoms with E-state index in [1.807, 2.05) is 0 Å². The maximum absolute atomic E-state index is 10.5. The molecule has 0 fully saturated rings. The third-order valence-corrected chi connectivity index (χ3v) is 2.15. The van der Waals surface area contributed by atoms with E-state index < -0.39 is 4.92 Å². The maximum atomic E-state index is 10.5. The Labute approximate surface area is 95.6 Å². The zero-order valence-electron chi connectivity index (χ0n) is 9.93. The summed E-state index contributed by atoms with van der Waals surface area (Å²) in [5, 5.41) is 10.5. The van der Waals surface area contributed by atoms with Crippen molar-refractivity contribution in [2.45, 2.75) is 0 Å². The first kappa shape index (κ1) is 12.4. The van der Waals surface area contributed by atoms with Gasteiger partial charge in [0.25, 0.3) is 5.69 Å². The number of hydrogen-bond acceptors (Lipinski definition) is 2. The van der Waals surface area contributed by atoms with Crippen molar-refractivity contribution in [1.82, 2.24) is 0 Å². The van der Waals surface area contributed by atoms with Gasteiger partial charge in [-0.05, 0) is 17.7 Å². The van der Waals surface area contributed by atoms with Crippen molar-refractivity contribution in [1.29, 1.82) is 0 Å². The van der Waals surface area contributed by atoms with Crippen LogP contribution in [0.5, 0.6) is 0 Å². The molecule has 0 saturated carbocycles. The summed E-state index contributed by atoms with van der Waals surface area (Å²) >= 11 is 0. The topological polar surface area (TPSA) is 43.1 Å². The Balaban J connectivity index is 2.82. The predicted molar refractivity (Wildman–Crippen MR) is 65.0 cm³/mol. The van der Waals surface area contributed by atoms with Gasteiger partial charge in [0, 0.05) is 17.7 Å². The Kier molecular flexibility index (Phi) is 3.44. The maximum Gasteiger partial charge on any atom is 0.269 e. The van der Waals surface area contributed by atoms with E-state index in [-0.39, 0.29) is 5.69 Å². The Morgan fingerprint density at radius 2 is 1.81 bits per heavy atom. The molecule has 1 aromatic carbocycles.